The maximum atomic E-state index is 12.8. The summed E-state index contributed by atoms with van der Waals surface area (Å²) in [4.78, 5) is 12.8. The van der Waals surface area contributed by atoms with Crippen LogP contribution in [0.25, 0.3) is 0 Å². The summed E-state index contributed by atoms with van der Waals surface area (Å²) in [5.41, 5.74) is 2.08. The molecule has 0 saturated carbocycles. The fourth-order valence-electron chi connectivity index (χ4n) is 2.83. The minimum Gasteiger partial charge on any atom is -0.497 e. The lowest BCUT2D eigenvalue weighted by molar-refractivity contribution is -0.122. The zero-order chi connectivity index (χ0) is 20.9. The predicted molar refractivity (Wildman–Crippen MR) is 112 cm³/mol. The molecule has 0 radical (unpaired) electrons. The number of sulfonamides is 1. The van der Waals surface area contributed by atoms with Crippen molar-refractivity contribution >= 4 is 33.2 Å². The summed E-state index contributed by atoms with van der Waals surface area (Å²) >= 11 is 6.17. The number of ether oxygens (including phenoxy) is 1. The number of amides is 1. The minimum absolute atomic E-state index is 0.283. The number of hydrogen-bond acceptors (Lipinski definition) is 4. The van der Waals surface area contributed by atoms with Crippen LogP contribution in [0.15, 0.2) is 42.5 Å². The van der Waals surface area contributed by atoms with Gasteiger partial charge < -0.3 is 10.1 Å². The van der Waals surface area contributed by atoms with Gasteiger partial charge in [0, 0.05) is 11.6 Å². The fraction of sp³-hybridized carbons (Fsp3) is 0.350. The molecule has 2 rings (SSSR count). The summed E-state index contributed by atoms with van der Waals surface area (Å²) in [6.45, 7) is 3.88. The minimum atomic E-state index is -3.70. The van der Waals surface area contributed by atoms with Crippen molar-refractivity contribution in [1.29, 1.82) is 0 Å². The molecule has 0 aliphatic heterocycles. The second-order valence-electron chi connectivity index (χ2n) is 6.48. The van der Waals surface area contributed by atoms with Crippen molar-refractivity contribution in [3.8, 4) is 5.75 Å². The predicted octanol–water partition coefficient (Wildman–Crippen LogP) is 3.52. The maximum absolute atomic E-state index is 12.8. The van der Waals surface area contributed by atoms with Crippen LogP contribution < -0.4 is 14.4 Å². The third-order valence-electron chi connectivity index (χ3n) is 4.37. The van der Waals surface area contributed by atoms with Gasteiger partial charge in [0.1, 0.15) is 11.8 Å². The van der Waals surface area contributed by atoms with E-state index in [0.29, 0.717) is 17.1 Å². The Balaban J connectivity index is 2.24. The molecule has 0 aliphatic rings. The average Bonchev–Trinajstić information content (AvgIpc) is 2.66. The SMILES string of the molecule is CCC(C(=O)NCc1ccc(OC)cc1)N(c1ccc(C)c(Cl)c1)S(C)(=O)=O. The zero-order valence-corrected chi connectivity index (χ0v) is 18.0. The van der Waals surface area contributed by atoms with Gasteiger partial charge in [0.05, 0.1) is 19.1 Å². The number of hydrogen-bond donors (Lipinski definition) is 1. The van der Waals surface area contributed by atoms with Gasteiger partial charge in [0.25, 0.3) is 0 Å². The molecule has 0 bridgehead atoms. The Morgan fingerprint density at radius 1 is 1.21 bits per heavy atom. The number of anilines is 1. The molecule has 0 fully saturated rings. The molecule has 8 heteroatoms. The molecule has 0 spiro atoms. The molecule has 1 N–H and O–H groups in total. The van der Waals surface area contributed by atoms with Crippen LogP contribution in [-0.4, -0.2) is 33.7 Å². The first-order chi connectivity index (χ1) is 13.2. The van der Waals surface area contributed by atoms with Crippen LogP contribution in [0.4, 0.5) is 5.69 Å². The van der Waals surface area contributed by atoms with Crippen molar-refractivity contribution in [2.24, 2.45) is 0 Å². The number of carbonyl (C=O) groups excluding carboxylic acids is 1. The molecule has 28 heavy (non-hydrogen) atoms. The topological polar surface area (TPSA) is 75.7 Å². The van der Waals surface area contributed by atoms with Gasteiger partial charge in [0.2, 0.25) is 15.9 Å². The smallest absolute Gasteiger partial charge is 0.244 e. The van der Waals surface area contributed by atoms with E-state index < -0.39 is 16.1 Å². The molecule has 1 amide bonds. The number of nitrogens with one attached hydrogen (secondary N) is 1. The largest absolute Gasteiger partial charge is 0.497 e. The molecule has 1 atom stereocenters. The third kappa shape index (κ3) is 5.39. The zero-order valence-electron chi connectivity index (χ0n) is 16.4. The number of carbonyl (C=O) groups is 1. The number of nitrogens with zero attached hydrogens (tertiary/aromatic N) is 1. The second-order valence-corrected chi connectivity index (χ2v) is 8.75. The molecule has 2 aromatic carbocycles. The monoisotopic (exact) mass is 424 g/mol. The molecule has 0 aliphatic carbocycles. The van der Waals surface area contributed by atoms with E-state index in [9.17, 15) is 13.2 Å². The molecule has 2 aromatic rings. The van der Waals surface area contributed by atoms with Crippen molar-refractivity contribution < 1.29 is 17.9 Å². The van der Waals surface area contributed by atoms with E-state index in [1.54, 1.807) is 44.4 Å². The third-order valence-corrected chi connectivity index (χ3v) is 5.95. The first-order valence-electron chi connectivity index (χ1n) is 8.83. The van der Waals surface area contributed by atoms with Crippen LogP contribution >= 0.6 is 11.6 Å². The highest BCUT2D eigenvalue weighted by Gasteiger charge is 2.31. The Bertz CT molecular complexity index is 930. The summed E-state index contributed by atoms with van der Waals surface area (Å²) in [6.07, 6.45) is 1.40. The van der Waals surface area contributed by atoms with Crippen molar-refractivity contribution in [3.63, 3.8) is 0 Å². The molecule has 0 aromatic heterocycles. The van der Waals surface area contributed by atoms with Gasteiger partial charge in [-0.2, -0.15) is 0 Å². The van der Waals surface area contributed by atoms with Gasteiger partial charge in [-0.05, 0) is 48.7 Å². The van der Waals surface area contributed by atoms with Crippen molar-refractivity contribution in [3.05, 3.63) is 58.6 Å². The number of methoxy groups -OCH3 is 1. The molecular formula is C20H25ClN2O4S. The van der Waals surface area contributed by atoms with E-state index in [1.807, 2.05) is 19.1 Å². The van der Waals surface area contributed by atoms with Crippen molar-refractivity contribution in [1.82, 2.24) is 5.32 Å². The summed E-state index contributed by atoms with van der Waals surface area (Å²) < 4.78 is 31.2. The molecule has 6 nitrogen and oxygen atoms in total. The molecule has 0 heterocycles. The van der Waals surface area contributed by atoms with Crippen molar-refractivity contribution in [2.45, 2.75) is 32.9 Å². The Morgan fingerprint density at radius 3 is 2.36 bits per heavy atom. The van der Waals surface area contributed by atoms with Crippen LogP contribution in [0, 0.1) is 6.92 Å². The Kier molecular flexibility index (Phi) is 7.32. The van der Waals surface area contributed by atoms with E-state index in [0.717, 1.165) is 27.4 Å². The quantitative estimate of drug-likeness (QED) is 0.703. The van der Waals surface area contributed by atoms with Gasteiger partial charge in [-0.1, -0.05) is 36.7 Å². The van der Waals surface area contributed by atoms with Gasteiger partial charge in [0.15, 0.2) is 0 Å². The molecule has 152 valence electrons. The van der Waals surface area contributed by atoms with E-state index >= 15 is 0 Å². The summed E-state index contributed by atoms with van der Waals surface area (Å²) in [6, 6.07) is 11.4. The van der Waals surface area contributed by atoms with Crippen LogP contribution in [-0.2, 0) is 21.4 Å². The van der Waals surface area contributed by atoms with Crippen molar-refractivity contribution in [2.75, 3.05) is 17.7 Å². The molecule has 0 saturated heterocycles. The lowest BCUT2D eigenvalue weighted by Crippen LogP contribution is -2.49. The van der Waals surface area contributed by atoms with E-state index in [1.165, 1.54) is 0 Å². The van der Waals surface area contributed by atoms with Gasteiger partial charge in [-0.15, -0.1) is 0 Å². The normalized spacial score (nSPS) is 12.3. The maximum Gasteiger partial charge on any atom is 0.244 e. The highest BCUT2D eigenvalue weighted by atomic mass is 35.5. The highest BCUT2D eigenvalue weighted by Crippen LogP contribution is 2.27. The average molecular weight is 425 g/mol. The van der Waals surface area contributed by atoms with E-state index in [2.05, 4.69) is 5.32 Å². The van der Waals surface area contributed by atoms with Gasteiger partial charge in [-0.3, -0.25) is 9.10 Å². The number of aryl methyl sites for hydroxylation is 1. The van der Waals surface area contributed by atoms with E-state index in [4.69, 9.17) is 16.3 Å². The fourth-order valence-corrected chi connectivity index (χ4v) is 4.21. The first kappa shape index (κ1) is 22.0. The van der Waals surface area contributed by atoms with Crippen LogP contribution in [0.5, 0.6) is 5.75 Å². The lowest BCUT2D eigenvalue weighted by atomic mass is 10.1. The summed E-state index contributed by atoms with van der Waals surface area (Å²) in [5.74, 6) is 0.349. The Labute approximate surface area is 171 Å². The van der Waals surface area contributed by atoms with Gasteiger partial charge in [-0.25, -0.2) is 8.42 Å². The first-order valence-corrected chi connectivity index (χ1v) is 11.1. The van der Waals surface area contributed by atoms with Crippen LogP contribution in [0.1, 0.15) is 24.5 Å². The Morgan fingerprint density at radius 2 is 1.86 bits per heavy atom. The molecule has 1 unspecified atom stereocenters. The number of benzene rings is 2. The highest BCUT2D eigenvalue weighted by molar-refractivity contribution is 7.92. The van der Waals surface area contributed by atoms with Gasteiger partial charge >= 0.3 is 0 Å². The Hall–Kier alpha value is -2.25. The number of rotatable bonds is 8. The van der Waals surface area contributed by atoms with Crippen LogP contribution in [0.2, 0.25) is 5.02 Å². The van der Waals surface area contributed by atoms with Crippen LogP contribution in [0.3, 0.4) is 0 Å². The standard InChI is InChI=1S/C20H25ClN2O4S/c1-5-19(20(24)22-13-15-7-10-17(27-3)11-8-15)23(28(4,25)26)16-9-6-14(2)18(21)12-16/h6-12,19H,5,13H2,1-4H3,(H,22,24). The molecular weight excluding hydrogens is 400 g/mol. The lowest BCUT2D eigenvalue weighted by Gasteiger charge is -2.30. The second kappa shape index (κ2) is 9.30. The van der Waals surface area contributed by atoms with E-state index in [-0.39, 0.29) is 12.5 Å². The summed E-state index contributed by atoms with van der Waals surface area (Å²) in [7, 11) is -2.12. The summed E-state index contributed by atoms with van der Waals surface area (Å²) in [5, 5.41) is 3.26. The number of halogens is 1.